The molecule has 3 fully saturated rings. The van der Waals surface area contributed by atoms with Crippen molar-refractivity contribution in [1.82, 2.24) is 0 Å². The molecule has 0 aromatic carbocycles. The summed E-state index contributed by atoms with van der Waals surface area (Å²) >= 11 is 6.80. The van der Waals surface area contributed by atoms with E-state index in [-0.39, 0.29) is 30.0 Å². The van der Waals surface area contributed by atoms with E-state index in [9.17, 15) is 10.2 Å². The molecule has 1 aromatic heterocycles. The molecule has 6 rings (SSSR count). The van der Waals surface area contributed by atoms with Crippen LogP contribution in [0.15, 0.2) is 22.3 Å². The Balaban J connectivity index is 1.66. The van der Waals surface area contributed by atoms with Crippen molar-refractivity contribution in [1.29, 1.82) is 0 Å². The van der Waals surface area contributed by atoms with E-state index in [4.69, 9.17) is 25.5 Å². The first-order valence-corrected chi connectivity index (χ1v) is 10.7. The second kappa shape index (κ2) is 5.86. The van der Waals surface area contributed by atoms with Gasteiger partial charge >= 0.3 is 0 Å². The van der Waals surface area contributed by atoms with E-state index >= 15 is 0 Å². The molecule has 1 spiro atoms. The standard InChI is InChI=1S/C22H29ClO5/c1-11(2)22(25)17(23)7-16-20(3)6-5-12-13(10-27-15(12)9-24)18(20)14-8-21(16,28-14)19(22)26-4/h7,10-11,14,17-19,24-25H,5-6,8-9H2,1-4H3/t14?,17-,18-,19+,20-,21+,22+/m1/s1. The van der Waals surface area contributed by atoms with Gasteiger partial charge in [0.15, 0.2) is 0 Å². The Morgan fingerprint density at radius 3 is 2.71 bits per heavy atom. The third-order valence-corrected chi connectivity index (χ3v) is 8.62. The van der Waals surface area contributed by atoms with E-state index in [2.05, 4.69) is 13.0 Å². The number of aliphatic hydroxyl groups excluding tert-OH is 1. The molecule has 1 unspecified atom stereocenters. The smallest absolute Gasteiger partial charge is 0.132 e. The number of ether oxygens (including phenoxy) is 2. The Hall–Kier alpha value is -0.850. The van der Waals surface area contributed by atoms with Gasteiger partial charge in [-0.25, -0.2) is 0 Å². The quantitative estimate of drug-likeness (QED) is 0.593. The van der Waals surface area contributed by atoms with Gasteiger partial charge in [-0.2, -0.15) is 0 Å². The summed E-state index contributed by atoms with van der Waals surface area (Å²) in [6, 6.07) is 0. The summed E-state index contributed by atoms with van der Waals surface area (Å²) in [7, 11) is 1.65. The molecule has 5 nitrogen and oxygen atoms in total. The minimum Gasteiger partial charge on any atom is -0.466 e. The molecule has 3 aliphatic carbocycles. The number of rotatable bonds is 3. The molecule has 3 heterocycles. The minimum atomic E-state index is -1.19. The molecule has 5 aliphatic rings. The van der Waals surface area contributed by atoms with Gasteiger partial charge in [0.2, 0.25) is 0 Å². The molecule has 7 atom stereocenters. The van der Waals surface area contributed by atoms with Crippen LogP contribution in [-0.4, -0.2) is 46.1 Å². The fourth-order valence-corrected chi connectivity index (χ4v) is 7.25. The second-order valence-electron chi connectivity index (χ2n) is 9.54. The SMILES string of the molecule is CO[C@@H]1[C@](O)(C(C)C)[C@H](Cl)C=C2[C@@]13CC(O3)[C@H]1c3coc(CO)c3CC[C@]21C. The van der Waals surface area contributed by atoms with E-state index in [1.807, 2.05) is 13.8 Å². The van der Waals surface area contributed by atoms with Crippen molar-refractivity contribution in [2.45, 2.75) is 81.3 Å². The molecule has 1 saturated carbocycles. The van der Waals surface area contributed by atoms with Gasteiger partial charge in [0.25, 0.3) is 0 Å². The summed E-state index contributed by atoms with van der Waals surface area (Å²) in [4.78, 5) is 0. The molecule has 28 heavy (non-hydrogen) atoms. The van der Waals surface area contributed by atoms with Crippen LogP contribution in [0.5, 0.6) is 0 Å². The van der Waals surface area contributed by atoms with Crippen LogP contribution < -0.4 is 0 Å². The fourth-order valence-electron chi connectivity index (χ4n) is 6.75. The number of alkyl halides is 1. The van der Waals surface area contributed by atoms with Crippen molar-refractivity contribution >= 4 is 11.6 Å². The van der Waals surface area contributed by atoms with Gasteiger partial charge in [-0.3, -0.25) is 0 Å². The molecule has 2 aliphatic heterocycles. The zero-order valence-corrected chi connectivity index (χ0v) is 17.6. The van der Waals surface area contributed by atoms with Gasteiger partial charge in [-0.1, -0.05) is 26.8 Å². The highest BCUT2D eigenvalue weighted by Crippen LogP contribution is 2.70. The summed E-state index contributed by atoms with van der Waals surface area (Å²) in [5, 5.41) is 20.6. The molecule has 154 valence electrons. The van der Waals surface area contributed by atoms with E-state index in [1.54, 1.807) is 13.4 Å². The van der Waals surface area contributed by atoms with Crippen LogP contribution in [0, 0.1) is 11.3 Å². The maximum atomic E-state index is 11.6. The first-order chi connectivity index (χ1) is 13.2. The lowest BCUT2D eigenvalue weighted by atomic mass is 9.45. The van der Waals surface area contributed by atoms with Crippen molar-refractivity contribution < 1.29 is 24.1 Å². The van der Waals surface area contributed by atoms with Gasteiger partial charge in [-0.15, -0.1) is 11.6 Å². The van der Waals surface area contributed by atoms with Crippen molar-refractivity contribution in [3.63, 3.8) is 0 Å². The monoisotopic (exact) mass is 408 g/mol. The molecular weight excluding hydrogens is 380 g/mol. The van der Waals surface area contributed by atoms with Gasteiger partial charge in [0, 0.05) is 30.4 Å². The number of methoxy groups -OCH3 is 1. The lowest BCUT2D eigenvalue weighted by Gasteiger charge is -2.70. The van der Waals surface area contributed by atoms with Crippen LogP contribution in [0.25, 0.3) is 0 Å². The van der Waals surface area contributed by atoms with E-state index in [0.717, 1.165) is 30.4 Å². The zero-order valence-electron chi connectivity index (χ0n) is 16.9. The van der Waals surface area contributed by atoms with Crippen LogP contribution in [0.4, 0.5) is 0 Å². The lowest BCUT2D eigenvalue weighted by molar-refractivity contribution is -0.317. The Kier molecular flexibility index (Phi) is 4.00. The second-order valence-corrected chi connectivity index (χ2v) is 10.0. The van der Waals surface area contributed by atoms with E-state index < -0.39 is 22.7 Å². The molecule has 0 radical (unpaired) electrons. The van der Waals surface area contributed by atoms with E-state index in [1.165, 1.54) is 5.57 Å². The number of hydrogen-bond acceptors (Lipinski definition) is 5. The largest absolute Gasteiger partial charge is 0.466 e. The van der Waals surface area contributed by atoms with Gasteiger partial charge in [-0.05, 0) is 29.9 Å². The van der Waals surface area contributed by atoms with Crippen molar-refractivity contribution in [2.75, 3.05) is 7.11 Å². The van der Waals surface area contributed by atoms with Crippen LogP contribution >= 0.6 is 11.6 Å². The summed E-state index contributed by atoms with van der Waals surface area (Å²) in [5.41, 5.74) is 1.52. The number of halogens is 1. The summed E-state index contributed by atoms with van der Waals surface area (Å²) in [6.45, 7) is 6.18. The predicted molar refractivity (Wildman–Crippen MR) is 104 cm³/mol. The highest BCUT2D eigenvalue weighted by atomic mass is 35.5. The number of aliphatic hydroxyl groups is 2. The number of fused-ring (bicyclic) bond motifs is 1. The van der Waals surface area contributed by atoms with Crippen LogP contribution in [0.2, 0.25) is 0 Å². The topological polar surface area (TPSA) is 72.1 Å². The Bertz CT molecular complexity index is 838. The third-order valence-electron chi connectivity index (χ3n) is 8.14. The fraction of sp³-hybridized carbons (Fsp3) is 0.727. The Labute approximate surface area is 170 Å². The summed E-state index contributed by atoms with van der Waals surface area (Å²) in [6.07, 6.45) is 5.99. The highest BCUT2D eigenvalue weighted by molar-refractivity contribution is 6.23. The number of furan rings is 1. The molecule has 2 N–H and O–H groups in total. The first kappa shape index (κ1) is 19.1. The summed E-state index contributed by atoms with van der Waals surface area (Å²) in [5.74, 6) is 0.768. The molecule has 1 aromatic rings. The Morgan fingerprint density at radius 1 is 1.39 bits per heavy atom. The predicted octanol–water partition coefficient (Wildman–Crippen LogP) is 3.30. The average molecular weight is 409 g/mol. The maximum Gasteiger partial charge on any atom is 0.132 e. The molecule has 0 amide bonds. The minimum absolute atomic E-state index is 0.0475. The molecule has 6 heteroatoms. The average Bonchev–Trinajstić information content (AvgIpc) is 3.04. The third kappa shape index (κ3) is 1.98. The normalized spacial score (nSPS) is 46.4. The van der Waals surface area contributed by atoms with Crippen LogP contribution in [0.3, 0.4) is 0 Å². The van der Waals surface area contributed by atoms with Gasteiger partial charge < -0.3 is 24.1 Å². The van der Waals surface area contributed by atoms with Crippen LogP contribution in [-0.2, 0) is 22.5 Å². The van der Waals surface area contributed by atoms with Crippen molar-refractivity contribution in [2.24, 2.45) is 11.3 Å². The van der Waals surface area contributed by atoms with Crippen molar-refractivity contribution in [3.8, 4) is 0 Å². The molecule has 2 bridgehead atoms. The van der Waals surface area contributed by atoms with E-state index in [0.29, 0.717) is 5.76 Å². The zero-order chi connectivity index (χ0) is 20.1. The van der Waals surface area contributed by atoms with Gasteiger partial charge in [0.05, 0.1) is 17.7 Å². The highest BCUT2D eigenvalue weighted by Gasteiger charge is 2.74. The maximum absolute atomic E-state index is 11.6. The summed E-state index contributed by atoms with van der Waals surface area (Å²) < 4.78 is 18.2. The lowest BCUT2D eigenvalue weighted by Crippen LogP contribution is -2.78. The Morgan fingerprint density at radius 2 is 2.11 bits per heavy atom. The molecule has 2 saturated heterocycles. The van der Waals surface area contributed by atoms with Gasteiger partial charge in [0.1, 0.15) is 29.7 Å². The first-order valence-electron chi connectivity index (χ1n) is 10.2. The van der Waals surface area contributed by atoms with Crippen LogP contribution in [0.1, 0.15) is 56.4 Å². The molecular formula is C22H29ClO5. The van der Waals surface area contributed by atoms with Crippen molar-refractivity contribution in [3.05, 3.63) is 34.8 Å². The number of hydrogen-bond donors (Lipinski definition) is 2.